The van der Waals surface area contributed by atoms with Crippen LogP contribution in [0.25, 0.3) is 0 Å². The Morgan fingerprint density at radius 1 is 1.33 bits per heavy atom. The number of halogens is 2. The molecule has 0 radical (unpaired) electrons. The molecule has 1 atom stereocenters. The molecule has 2 nitrogen and oxygen atoms in total. The van der Waals surface area contributed by atoms with E-state index in [9.17, 15) is 13.9 Å². The smallest absolute Gasteiger partial charge is 0.135 e. The van der Waals surface area contributed by atoms with Crippen molar-refractivity contribution in [1.82, 2.24) is 0 Å². The Morgan fingerprint density at radius 2 is 1.87 bits per heavy atom. The van der Waals surface area contributed by atoms with E-state index in [1.807, 2.05) is 0 Å². The van der Waals surface area contributed by atoms with Crippen LogP contribution in [-0.4, -0.2) is 12.2 Å². The van der Waals surface area contributed by atoms with E-state index >= 15 is 0 Å². The molecule has 0 aliphatic heterocycles. The van der Waals surface area contributed by atoms with Gasteiger partial charge in [-0.05, 0) is 18.8 Å². The summed E-state index contributed by atoms with van der Waals surface area (Å²) in [7, 11) is 1.34. The van der Waals surface area contributed by atoms with Crippen molar-refractivity contribution >= 4 is 0 Å². The second kappa shape index (κ2) is 3.77. The van der Waals surface area contributed by atoms with Crippen LogP contribution in [0, 0.1) is 17.6 Å². The van der Waals surface area contributed by atoms with Crippen LogP contribution in [0.1, 0.15) is 24.5 Å². The molecule has 1 unspecified atom stereocenters. The van der Waals surface area contributed by atoms with Gasteiger partial charge in [0.25, 0.3) is 0 Å². The van der Waals surface area contributed by atoms with Gasteiger partial charge in [0.15, 0.2) is 0 Å². The molecule has 0 saturated heterocycles. The third kappa shape index (κ3) is 1.95. The molecule has 0 bridgehead atoms. The van der Waals surface area contributed by atoms with E-state index in [1.54, 1.807) is 0 Å². The van der Waals surface area contributed by atoms with Gasteiger partial charge in [-0.25, -0.2) is 8.78 Å². The number of hydrogen-bond acceptors (Lipinski definition) is 2. The molecule has 1 aromatic carbocycles. The van der Waals surface area contributed by atoms with Crippen LogP contribution in [-0.2, 0) is 0 Å². The lowest BCUT2D eigenvalue weighted by Crippen LogP contribution is -2.06. The van der Waals surface area contributed by atoms with Gasteiger partial charge < -0.3 is 9.84 Å². The van der Waals surface area contributed by atoms with Crippen molar-refractivity contribution in [3.05, 3.63) is 29.3 Å². The van der Waals surface area contributed by atoms with Crippen molar-refractivity contribution in [3.8, 4) is 5.75 Å². The highest BCUT2D eigenvalue weighted by Crippen LogP contribution is 2.42. The average molecular weight is 214 g/mol. The van der Waals surface area contributed by atoms with E-state index in [0.717, 1.165) is 25.0 Å². The van der Waals surface area contributed by atoms with Crippen molar-refractivity contribution < 1.29 is 18.6 Å². The van der Waals surface area contributed by atoms with E-state index in [4.69, 9.17) is 4.74 Å². The summed E-state index contributed by atoms with van der Waals surface area (Å²) in [5.74, 6) is -1.36. The summed E-state index contributed by atoms with van der Waals surface area (Å²) in [5, 5.41) is 9.66. The van der Waals surface area contributed by atoms with Crippen LogP contribution in [0.3, 0.4) is 0 Å². The number of aliphatic hydroxyl groups excluding tert-OH is 1. The normalized spacial score (nSPS) is 17.6. The quantitative estimate of drug-likeness (QED) is 0.837. The maximum Gasteiger partial charge on any atom is 0.135 e. The van der Waals surface area contributed by atoms with Gasteiger partial charge in [0.1, 0.15) is 17.4 Å². The first-order valence-electron chi connectivity index (χ1n) is 4.84. The SMILES string of the molecule is COc1cc(F)c(C(O)C2CC2)c(F)c1. The van der Waals surface area contributed by atoms with Gasteiger partial charge in [-0.1, -0.05) is 0 Å². The molecular weight excluding hydrogens is 202 g/mol. The number of benzene rings is 1. The fourth-order valence-corrected chi connectivity index (χ4v) is 1.61. The lowest BCUT2D eigenvalue weighted by molar-refractivity contribution is 0.144. The maximum atomic E-state index is 13.5. The standard InChI is InChI=1S/C11H12F2O2/c1-15-7-4-8(12)10(9(13)5-7)11(14)6-2-3-6/h4-6,11,14H,2-3H2,1H3. The molecular formula is C11H12F2O2. The van der Waals surface area contributed by atoms with Gasteiger partial charge in [-0.15, -0.1) is 0 Å². The minimum absolute atomic E-state index is 0.00222. The minimum Gasteiger partial charge on any atom is -0.497 e. The summed E-state index contributed by atoms with van der Waals surface area (Å²) in [6.07, 6.45) is 0.619. The van der Waals surface area contributed by atoms with E-state index in [0.29, 0.717) is 0 Å². The molecule has 1 fully saturated rings. The first-order chi connectivity index (χ1) is 7.13. The second-order valence-corrected chi connectivity index (χ2v) is 3.79. The molecule has 2 rings (SSSR count). The van der Waals surface area contributed by atoms with Crippen LogP contribution >= 0.6 is 0 Å². The predicted octanol–water partition coefficient (Wildman–Crippen LogP) is 2.42. The Kier molecular flexibility index (Phi) is 2.61. The first kappa shape index (κ1) is 10.4. The molecule has 82 valence electrons. The van der Waals surface area contributed by atoms with Crippen molar-refractivity contribution in [2.24, 2.45) is 5.92 Å². The molecule has 0 amide bonds. The maximum absolute atomic E-state index is 13.5. The van der Waals surface area contributed by atoms with E-state index in [-0.39, 0.29) is 17.2 Å². The third-order valence-electron chi connectivity index (χ3n) is 2.65. The highest BCUT2D eigenvalue weighted by molar-refractivity contribution is 5.32. The molecule has 0 aromatic heterocycles. The molecule has 4 heteroatoms. The van der Waals surface area contributed by atoms with E-state index in [1.165, 1.54) is 7.11 Å². The Morgan fingerprint density at radius 3 is 2.27 bits per heavy atom. The Hall–Kier alpha value is -1.16. The topological polar surface area (TPSA) is 29.5 Å². The third-order valence-corrected chi connectivity index (χ3v) is 2.65. The zero-order valence-corrected chi connectivity index (χ0v) is 8.34. The van der Waals surface area contributed by atoms with Crippen LogP contribution in [0.15, 0.2) is 12.1 Å². The molecule has 1 saturated carbocycles. The summed E-state index contributed by atoms with van der Waals surface area (Å²) >= 11 is 0. The van der Waals surface area contributed by atoms with Gasteiger partial charge in [-0.2, -0.15) is 0 Å². The molecule has 1 N–H and O–H groups in total. The van der Waals surface area contributed by atoms with Crippen molar-refractivity contribution in [1.29, 1.82) is 0 Å². The van der Waals surface area contributed by atoms with Gasteiger partial charge in [-0.3, -0.25) is 0 Å². The Balaban J connectivity index is 2.37. The number of methoxy groups -OCH3 is 1. The number of hydrogen-bond donors (Lipinski definition) is 1. The van der Waals surface area contributed by atoms with Crippen LogP contribution in [0.2, 0.25) is 0 Å². The first-order valence-corrected chi connectivity index (χ1v) is 4.84. The average Bonchev–Trinajstić information content (AvgIpc) is 2.99. The van der Waals surface area contributed by atoms with Gasteiger partial charge in [0.05, 0.1) is 18.8 Å². The molecule has 1 aliphatic rings. The lowest BCUT2D eigenvalue weighted by Gasteiger charge is -2.12. The molecule has 1 aliphatic carbocycles. The van der Waals surface area contributed by atoms with Gasteiger partial charge in [0, 0.05) is 12.1 Å². The van der Waals surface area contributed by atoms with Crippen LogP contribution < -0.4 is 4.74 Å². The summed E-state index contributed by atoms with van der Waals surface area (Å²) in [5.41, 5.74) is -0.238. The van der Waals surface area contributed by atoms with Crippen LogP contribution in [0.5, 0.6) is 5.75 Å². The van der Waals surface area contributed by atoms with Crippen molar-refractivity contribution in [2.45, 2.75) is 18.9 Å². The number of ether oxygens (including phenoxy) is 1. The lowest BCUT2D eigenvalue weighted by atomic mass is 10.0. The Bertz CT molecular complexity index is 352. The predicted molar refractivity (Wildman–Crippen MR) is 50.6 cm³/mol. The molecule has 0 spiro atoms. The van der Waals surface area contributed by atoms with Crippen molar-refractivity contribution in [2.75, 3.05) is 7.11 Å². The highest BCUT2D eigenvalue weighted by Gasteiger charge is 2.34. The summed E-state index contributed by atoms with van der Waals surface area (Å²) in [4.78, 5) is 0. The zero-order valence-electron chi connectivity index (χ0n) is 8.34. The highest BCUT2D eigenvalue weighted by atomic mass is 19.1. The van der Waals surface area contributed by atoms with E-state index in [2.05, 4.69) is 0 Å². The molecule has 0 heterocycles. The van der Waals surface area contributed by atoms with Crippen LogP contribution in [0.4, 0.5) is 8.78 Å². The summed E-state index contributed by atoms with van der Waals surface area (Å²) in [6, 6.07) is 2.17. The van der Waals surface area contributed by atoms with E-state index < -0.39 is 17.7 Å². The zero-order chi connectivity index (χ0) is 11.0. The number of aliphatic hydroxyl groups is 1. The summed E-state index contributed by atoms with van der Waals surface area (Å²) < 4.78 is 31.6. The monoisotopic (exact) mass is 214 g/mol. The Labute approximate surface area is 86.5 Å². The summed E-state index contributed by atoms with van der Waals surface area (Å²) in [6.45, 7) is 0. The molecule has 1 aromatic rings. The van der Waals surface area contributed by atoms with Gasteiger partial charge in [0.2, 0.25) is 0 Å². The fraction of sp³-hybridized carbons (Fsp3) is 0.455. The van der Waals surface area contributed by atoms with Gasteiger partial charge >= 0.3 is 0 Å². The van der Waals surface area contributed by atoms with Crippen molar-refractivity contribution in [3.63, 3.8) is 0 Å². The fourth-order valence-electron chi connectivity index (χ4n) is 1.61. The molecule has 15 heavy (non-hydrogen) atoms. The minimum atomic E-state index is -1.03. The second-order valence-electron chi connectivity index (χ2n) is 3.79. The number of rotatable bonds is 3. The largest absolute Gasteiger partial charge is 0.497 e.